The standard InChI is InChI=1S/C22H21N3O4/c1-14-8-6-13-19(23-14)25-21(26)15-9-4-5-10-16(15)24-22(27)20-17(28-2)11-7-12-18(20)29-3/h4-13H,1-3H3,(H,24,27)(H,23,25,26). The van der Waals surface area contributed by atoms with Gasteiger partial charge in [-0.15, -0.1) is 0 Å². The molecule has 0 fully saturated rings. The highest BCUT2D eigenvalue weighted by atomic mass is 16.5. The number of anilines is 2. The number of nitrogens with zero attached hydrogens (tertiary/aromatic N) is 1. The SMILES string of the molecule is COc1cccc(OC)c1C(=O)Nc1ccccc1C(=O)Nc1cccc(C)n1. The zero-order valence-electron chi connectivity index (χ0n) is 16.4. The van der Waals surface area contributed by atoms with Crippen molar-refractivity contribution in [1.29, 1.82) is 0 Å². The van der Waals surface area contributed by atoms with Crippen LogP contribution in [0.2, 0.25) is 0 Å². The average Bonchev–Trinajstić information content (AvgIpc) is 2.73. The predicted molar refractivity (Wildman–Crippen MR) is 111 cm³/mol. The van der Waals surface area contributed by atoms with Crippen LogP contribution in [0.3, 0.4) is 0 Å². The third-order valence-electron chi connectivity index (χ3n) is 4.20. The molecule has 2 N–H and O–H groups in total. The van der Waals surface area contributed by atoms with E-state index in [1.807, 2.05) is 13.0 Å². The second-order valence-electron chi connectivity index (χ2n) is 6.16. The molecule has 0 atom stereocenters. The summed E-state index contributed by atoms with van der Waals surface area (Å²) in [6, 6.07) is 17.1. The molecular formula is C22H21N3O4. The van der Waals surface area contributed by atoms with E-state index in [2.05, 4.69) is 15.6 Å². The molecular weight excluding hydrogens is 370 g/mol. The number of benzene rings is 2. The van der Waals surface area contributed by atoms with Crippen LogP contribution < -0.4 is 20.1 Å². The van der Waals surface area contributed by atoms with E-state index in [0.717, 1.165) is 5.69 Å². The summed E-state index contributed by atoms with van der Waals surface area (Å²) < 4.78 is 10.6. The van der Waals surface area contributed by atoms with E-state index in [-0.39, 0.29) is 11.5 Å². The molecule has 0 aliphatic heterocycles. The molecule has 2 amide bonds. The maximum atomic E-state index is 12.9. The maximum absolute atomic E-state index is 12.9. The highest BCUT2D eigenvalue weighted by molar-refractivity contribution is 6.13. The van der Waals surface area contributed by atoms with Crippen LogP contribution in [0.1, 0.15) is 26.4 Å². The summed E-state index contributed by atoms with van der Waals surface area (Å²) in [4.78, 5) is 30.0. The van der Waals surface area contributed by atoms with Crippen molar-refractivity contribution < 1.29 is 19.1 Å². The fourth-order valence-corrected chi connectivity index (χ4v) is 2.85. The van der Waals surface area contributed by atoms with Crippen molar-refractivity contribution in [1.82, 2.24) is 4.98 Å². The lowest BCUT2D eigenvalue weighted by Gasteiger charge is -2.15. The number of amides is 2. The second kappa shape index (κ2) is 8.88. The molecule has 3 aromatic rings. The van der Waals surface area contributed by atoms with Gasteiger partial charge in [-0.25, -0.2) is 4.98 Å². The summed E-state index contributed by atoms with van der Waals surface area (Å²) in [5.41, 5.74) is 1.69. The molecule has 29 heavy (non-hydrogen) atoms. The molecule has 1 aromatic heterocycles. The first-order chi connectivity index (χ1) is 14.0. The average molecular weight is 391 g/mol. The predicted octanol–water partition coefficient (Wildman–Crippen LogP) is 3.91. The Labute approximate surface area is 168 Å². The number of carbonyl (C=O) groups is 2. The minimum absolute atomic E-state index is 0.244. The van der Waals surface area contributed by atoms with Crippen molar-refractivity contribution in [2.45, 2.75) is 6.92 Å². The van der Waals surface area contributed by atoms with Crippen LogP contribution in [0.4, 0.5) is 11.5 Å². The van der Waals surface area contributed by atoms with Crippen LogP contribution >= 0.6 is 0 Å². The first-order valence-electron chi connectivity index (χ1n) is 8.90. The van der Waals surface area contributed by atoms with E-state index in [9.17, 15) is 9.59 Å². The summed E-state index contributed by atoms with van der Waals surface area (Å²) in [6.07, 6.45) is 0. The molecule has 0 bridgehead atoms. The van der Waals surface area contributed by atoms with Gasteiger partial charge >= 0.3 is 0 Å². The molecule has 0 unspecified atom stereocenters. The molecule has 0 saturated carbocycles. The number of hydrogen-bond acceptors (Lipinski definition) is 5. The lowest BCUT2D eigenvalue weighted by Crippen LogP contribution is -2.19. The highest BCUT2D eigenvalue weighted by Crippen LogP contribution is 2.29. The number of nitrogens with one attached hydrogen (secondary N) is 2. The smallest absolute Gasteiger partial charge is 0.263 e. The number of carbonyl (C=O) groups excluding carboxylic acids is 2. The van der Waals surface area contributed by atoms with Gasteiger partial charge in [-0.2, -0.15) is 0 Å². The van der Waals surface area contributed by atoms with E-state index in [0.29, 0.717) is 28.6 Å². The van der Waals surface area contributed by atoms with E-state index in [4.69, 9.17) is 9.47 Å². The molecule has 7 nitrogen and oxygen atoms in total. The van der Waals surface area contributed by atoms with Gasteiger partial charge < -0.3 is 20.1 Å². The summed E-state index contributed by atoms with van der Waals surface area (Å²) in [5, 5.41) is 5.52. The largest absolute Gasteiger partial charge is 0.496 e. The molecule has 148 valence electrons. The summed E-state index contributed by atoms with van der Waals surface area (Å²) in [6.45, 7) is 1.84. The molecule has 1 heterocycles. The molecule has 0 spiro atoms. The van der Waals surface area contributed by atoms with Gasteiger partial charge in [-0.3, -0.25) is 9.59 Å². The fourth-order valence-electron chi connectivity index (χ4n) is 2.85. The zero-order valence-corrected chi connectivity index (χ0v) is 16.4. The van der Waals surface area contributed by atoms with Gasteiger partial charge in [0.2, 0.25) is 0 Å². The number of pyridine rings is 1. The minimum atomic E-state index is -0.451. The topological polar surface area (TPSA) is 89.5 Å². The van der Waals surface area contributed by atoms with Gasteiger partial charge in [-0.1, -0.05) is 24.3 Å². The molecule has 0 aliphatic rings. The lowest BCUT2D eigenvalue weighted by atomic mass is 10.1. The Bertz CT molecular complexity index is 1030. The Kier molecular flexibility index (Phi) is 6.09. The first kappa shape index (κ1) is 19.9. The van der Waals surface area contributed by atoms with Gasteiger partial charge in [0.25, 0.3) is 11.8 Å². The van der Waals surface area contributed by atoms with E-state index < -0.39 is 5.91 Å². The summed E-state index contributed by atoms with van der Waals surface area (Å²) >= 11 is 0. The van der Waals surface area contributed by atoms with E-state index in [1.165, 1.54) is 14.2 Å². The molecule has 3 rings (SSSR count). The monoisotopic (exact) mass is 391 g/mol. The minimum Gasteiger partial charge on any atom is -0.496 e. The zero-order chi connectivity index (χ0) is 20.8. The number of para-hydroxylation sites is 1. The summed E-state index contributed by atoms with van der Waals surface area (Å²) in [5.74, 6) is 0.335. The molecule has 7 heteroatoms. The van der Waals surface area contributed by atoms with Gasteiger partial charge in [0.05, 0.1) is 25.5 Å². The number of aromatic nitrogens is 1. The lowest BCUT2D eigenvalue weighted by molar-refractivity contribution is 0.102. The number of rotatable bonds is 6. The van der Waals surface area contributed by atoms with Crippen LogP contribution in [0.5, 0.6) is 11.5 Å². The quantitative estimate of drug-likeness (QED) is 0.665. The van der Waals surface area contributed by atoms with Crippen molar-refractivity contribution in [3.05, 3.63) is 77.5 Å². The van der Waals surface area contributed by atoms with Crippen LogP contribution in [-0.2, 0) is 0 Å². The maximum Gasteiger partial charge on any atom is 0.263 e. The number of methoxy groups -OCH3 is 2. The highest BCUT2D eigenvalue weighted by Gasteiger charge is 2.20. The molecule has 2 aromatic carbocycles. The summed E-state index contributed by atoms with van der Waals surface area (Å²) in [7, 11) is 2.95. The third-order valence-corrected chi connectivity index (χ3v) is 4.20. The Hall–Kier alpha value is -3.87. The van der Waals surface area contributed by atoms with Crippen molar-refractivity contribution in [3.63, 3.8) is 0 Å². The number of aryl methyl sites for hydroxylation is 1. The van der Waals surface area contributed by atoms with Gasteiger partial charge in [0, 0.05) is 5.69 Å². The van der Waals surface area contributed by atoms with Crippen molar-refractivity contribution in [2.24, 2.45) is 0 Å². The van der Waals surface area contributed by atoms with Gasteiger partial charge in [0.15, 0.2) is 0 Å². The van der Waals surface area contributed by atoms with Crippen molar-refractivity contribution in [2.75, 3.05) is 24.9 Å². The van der Waals surface area contributed by atoms with E-state index in [1.54, 1.807) is 54.6 Å². The Morgan fingerprint density at radius 2 is 1.45 bits per heavy atom. The molecule has 0 saturated heterocycles. The van der Waals surface area contributed by atoms with Gasteiger partial charge in [0.1, 0.15) is 22.9 Å². The Morgan fingerprint density at radius 3 is 2.10 bits per heavy atom. The van der Waals surface area contributed by atoms with Crippen LogP contribution in [0.15, 0.2) is 60.7 Å². The van der Waals surface area contributed by atoms with Crippen LogP contribution in [0.25, 0.3) is 0 Å². The van der Waals surface area contributed by atoms with Crippen LogP contribution in [-0.4, -0.2) is 31.0 Å². The third kappa shape index (κ3) is 4.52. The number of ether oxygens (including phenoxy) is 2. The van der Waals surface area contributed by atoms with Crippen LogP contribution in [0, 0.1) is 6.92 Å². The van der Waals surface area contributed by atoms with Crippen molar-refractivity contribution in [3.8, 4) is 11.5 Å². The van der Waals surface area contributed by atoms with Crippen molar-refractivity contribution >= 4 is 23.3 Å². The Balaban J connectivity index is 1.88. The van der Waals surface area contributed by atoms with Gasteiger partial charge in [-0.05, 0) is 43.3 Å². The molecule has 0 radical (unpaired) electrons. The van der Waals surface area contributed by atoms with E-state index >= 15 is 0 Å². The normalized spacial score (nSPS) is 10.2. The number of hydrogen-bond donors (Lipinski definition) is 2. The Morgan fingerprint density at radius 1 is 0.793 bits per heavy atom. The fraction of sp³-hybridized carbons (Fsp3) is 0.136. The second-order valence-corrected chi connectivity index (χ2v) is 6.16. The first-order valence-corrected chi connectivity index (χ1v) is 8.90. The molecule has 0 aliphatic carbocycles.